The molecule has 0 unspecified atom stereocenters. The third-order valence-corrected chi connectivity index (χ3v) is 6.52. The van der Waals surface area contributed by atoms with Crippen molar-refractivity contribution in [2.75, 3.05) is 10.2 Å². The fourth-order valence-electron chi connectivity index (χ4n) is 3.97. The van der Waals surface area contributed by atoms with Gasteiger partial charge in [-0.05, 0) is 69.7 Å². The first kappa shape index (κ1) is 23.5. The lowest BCUT2D eigenvalue weighted by Gasteiger charge is -2.29. The van der Waals surface area contributed by atoms with E-state index in [0.29, 0.717) is 33.1 Å². The van der Waals surface area contributed by atoms with Crippen molar-refractivity contribution < 1.29 is 23.9 Å². The van der Waals surface area contributed by atoms with Crippen LogP contribution < -0.4 is 15.0 Å². The number of ether oxygens (including phenoxy) is 2. The summed E-state index contributed by atoms with van der Waals surface area (Å²) in [5.41, 5.74) is 1.48. The number of benzene rings is 2. The van der Waals surface area contributed by atoms with Gasteiger partial charge in [-0.25, -0.2) is 14.6 Å². The minimum absolute atomic E-state index is 0.0931. The van der Waals surface area contributed by atoms with Crippen LogP contribution in [0.5, 0.6) is 11.5 Å². The van der Waals surface area contributed by atoms with E-state index in [4.69, 9.17) is 9.47 Å². The van der Waals surface area contributed by atoms with Gasteiger partial charge in [-0.1, -0.05) is 18.2 Å². The summed E-state index contributed by atoms with van der Waals surface area (Å²) in [5, 5.41) is 3.39. The molecule has 0 atom stereocenters. The number of pyridine rings is 1. The number of anilines is 3. The van der Waals surface area contributed by atoms with E-state index in [-0.39, 0.29) is 10.6 Å². The number of urea groups is 1. The fourth-order valence-corrected chi connectivity index (χ4v) is 5.01. The van der Waals surface area contributed by atoms with Crippen LogP contribution in [0.15, 0.2) is 60.8 Å². The van der Waals surface area contributed by atoms with Gasteiger partial charge in [0.15, 0.2) is 0 Å². The molecular formula is C27H23N3O5S. The number of para-hydroxylation sites is 1. The number of hydrogen-bond acceptors (Lipinski definition) is 7. The van der Waals surface area contributed by atoms with E-state index >= 15 is 0 Å². The summed E-state index contributed by atoms with van der Waals surface area (Å²) in [6.07, 6.45) is 1.58. The molecule has 1 aliphatic heterocycles. The molecule has 1 aliphatic rings. The quantitative estimate of drug-likeness (QED) is 0.188. The average molecular weight is 502 g/mol. The van der Waals surface area contributed by atoms with Crippen molar-refractivity contribution in [2.24, 2.45) is 0 Å². The Morgan fingerprint density at radius 2 is 1.75 bits per heavy atom. The largest absolute Gasteiger partial charge is 0.457 e. The smallest absolute Gasteiger partial charge is 0.381 e. The number of ketones is 1. The lowest BCUT2D eigenvalue weighted by Crippen LogP contribution is -2.35. The highest BCUT2D eigenvalue weighted by Crippen LogP contribution is 2.46. The average Bonchev–Trinajstić information content (AvgIpc) is 3.18. The Morgan fingerprint density at radius 3 is 2.44 bits per heavy atom. The molecule has 36 heavy (non-hydrogen) atoms. The molecule has 1 N–H and O–H groups in total. The van der Waals surface area contributed by atoms with Crippen molar-refractivity contribution in [2.45, 2.75) is 33.3 Å². The van der Waals surface area contributed by atoms with Gasteiger partial charge in [0.1, 0.15) is 26.8 Å². The zero-order valence-corrected chi connectivity index (χ0v) is 20.9. The number of esters is 1. The van der Waals surface area contributed by atoms with Gasteiger partial charge in [0, 0.05) is 6.20 Å². The molecule has 2 aromatic carbocycles. The molecule has 5 rings (SSSR count). The molecule has 0 saturated carbocycles. The summed E-state index contributed by atoms with van der Waals surface area (Å²) in [6.45, 7) is 6.94. The lowest BCUT2D eigenvalue weighted by atomic mass is 10.1. The normalized spacial score (nSPS) is 12.9. The van der Waals surface area contributed by atoms with Gasteiger partial charge in [0.2, 0.25) is 0 Å². The molecule has 0 fully saturated rings. The summed E-state index contributed by atoms with van der Waals surface area (Å²) in [6, 6.07) is 16.1. The molecule has 0 aliphatic carbocycles. The summed E-state index contributed by atoms with van der Waals surface area (Å²) in [5.74, 6) is -0.447. The fraction of sp³-hybridized carbons (Fsp3) is 0.185. The van der Waals surface area contributed by atoms with Crippen molar-refractivity contribution in [1.29, 1.82) is 0 Å². The van der Waals surface area contributed by atoms with E-state index in [0.717, 1.165) is 16.9 Å². The predicted molar refractivity (Wildman–Crippen MR) is 139 cm³/mol. The summed E-state index contributed by atoms with van der Waals surface area (Å²) < 4.78 is 11.2. The molecule has 4 aromatic rings. The van der Waals surface area contributed by atoms with Crippen LogP contribution in [0.2, 0.25) is 0 Å². The maximum absolute atomic E-state index is 13.3. The second kappa shape index (κ2) is 8.76. The zero-order valence-electron chi connectivity index (χ0n) is 20.1. The van der Waals surface area contributed by atoms with E-state index < -0.39 is 23.4 Å². The molecule has 0 radical (unpaired) electrons. The predicted octanol–water partition coefficient (Wildman–Crippen LogP) is 6.61. The summed E-state index contributed by atoms with van der Waals surface area (Å²) in [7, 11) is 0. The van der Waals surface area contributed by atoms with Gasteiger partial charge in [0.25, 0.3) is 5.78 Å². The number of Topliss-reactive ketones (excluding diaryl/α,β-unsaturated/α-hetero) is 1. The maximum Gasteiger partial charge on any atom is 0.381 e. The topological polar surface area (TPSA) is 97.8 Å². The number of aryl methyl sites for hydroxylation is 1. The number of nitrogens with one attached hydrogen (secondary N) is 1. The van der Waals surface area contributed by atoms with E-state index in [9.17, 15) is 14.4 Å². The van der Waals surface area contributed by atoms with Gasteiger partial charge in [-0.2, -0.15) is 0 Å². The number of rotatable bonds is 5. The summed E-state index contributed by atoms with van der Waals surface area (Å²) in [4.78, 5) is 45.3. The Hall–Kier alpha value is -4.24. The van der Waals surface area contributed by atoms with Crippen LogP contribution in [0.3, 0.4) is 0 Å². The first-order valence-corrected chi connectivity index (χ1v) is 12.1. The molecule has 0 bridgehead atoms. The van der Waals surface area contributed by atoms with Crippen LogP contribution in [0.4, 0.5) is 21.9 Å². The Labute approximate surface area is 211 Å². The molecule has 9 heteroatoms. The van der Waals surface area contributed by atoms with Gasteiger partial charge in [-0.15, -0.1) is 11.3 Å². The molecule has 3 heterocycles. The number of carbonyl (C=O) groups excluding carboxylic acids is 3. The standard InChI is InChI=1S/C27H23N3O5S/c1-15-14-17(34-16-8-6-5-7-9-16)10-11-18(15)30-19-12-13-28-24-20(19)21(29-26(30)33)23(36-24)22(31)25(32)35-27(2,3)4/h5-14H,1-4H3,(H,29,33). The highest BCUT2D eigenvalue weighted by molar-refractivity contribution is 7.22. The van der Waals surface area contributed by atoms with Crippen molar-refractivity contribution in [3.8, 4) is 11.5 Å². The van der Waals surface area contributed by atoms with Crippen LogP contribution in [0, 0.1) is 6.92 Å². The highest BCUT2D eigenvalue weighted by atomic mass is 32.1. The van der Waals surface area contributed by atoms with Crippen LogP contribution >= 0.6 is 11.3 Å². The first-order chi connectivity index (χ1) is 17.1. The third kappa shape index (κ3) is 4.29. The van der Waals surface area contributed by atoms with E-state index in [1.165, 1.54) is 4.90 Å². The van der Waals surface area contributed by atoms with Crippen molar-refractivity contribution in [1.82, 2.24) is 4.98 Å². The van der Waals surface area contributed by atoms with Crippen LogP contribution in [-0.4, -0.2) is 28.4 Å². The number of thiophene rings is 1. The number of hydrogen-bond donors (Lipinski definition) is 1. The Kier molecular flexibility index (Phi) is 5.72. The SMILES string of the molecule is Cc1cc(Oc2ccccc2)ccc1N1C(=O)Nc2c(C(=O)C(=O)OC(C)(C)C)sc3nccc1c23. The number of aromatic nitrogens is 1. The number of amides is 2. The molecule has 182 valence electrons. The summed E-state index contributed by atoms with van der Waals surface area (Å²) >= 11 is 1.05. The van der Waals surface area contributed by atoms with Gasteiger partial charge in [-0.3, -0.25) is 9.69 Å². The van der Waals surface area contributed by atoms with Crippen LogP contribution in [0.1, 0.15) is 36.0 Å². The van der Waals surface area contributed by atoms with E-state index in [1.54, 1.807) is 39.1 Å². The van der Waals surface area contributed by atoms with Crippen molar-refractivity contribution in [3.05, 3.63) is 71.2 Å². The monoisotopic (exact) mass is 501 g/mol. The van der Waals surface area contributed by atoms with Crippen LogP contribution in [0.25, 0.3) is 10.2 Å². The molecule has 0 spiro atoms. The number of carbonyl (C=O) groups is 3. The minimum Gasteiger partial charge on any atom is -0.457 e. The molecule has 0 saturated heterocycles. The highest BCUT2D eigenvalue weighted by Gasteiger charge is 2.36. The first-order valence-electron chi connectivity index (χ1n) is 11.3. The van der Waals surface area contributed by atoms with Gasteiger partial charge < -0.3 is 14.8 Å². The van der Waals surface area contributed by atoms with Gasteiger partial charge in [0.05, 0.1) is 22.4 Å². The Morgan fingerprint density at radius 1 is 1.00 bits per heavy atom. The minimum atomic E-state index is -0.978. The number of nitrogens with zero attached hydrogens (tertiary/aromatic N) is 2. The van der Waals surface area contributed by atoms with Crippen LogP contribution in [-0.2, 0) is 9.53 Å². The molecule has 2 aromatic heterocycles. The molecule has 8 nitrogen and oxygen atoms in total. The van der Waals surface area contributed by atoms with E-state index in [2.05, 4.69) is 10.3 Å². The molecule has 2 amide bonds. The second-order valence-corrected chi connectivity index (χ2v) is 10.3. The maximum atomic E-state index is 13.3. The lowest BCUT2D eigenvalue weighted by molar-refractivity contribution is -0.148. The Balaban J connectivity index is 1.53. The third-order valence-electron chi connectivity index (χ3n) is 5.42. The Bertz CT molecular complexity index is 1520. The zero-order chi connectivity index (χ0) is 25.6. The molecular weight excluding hydrogens is 478 g/mol. The van der Waals surface area contributed by atoms with Crippen molar-refractivity contribution >= 4 is 56.4 Å². The van der Waals surface area contributed by atoms with Crippen molar-refractivity contribution in [3.63, 3.8) is 0 Å². The van der Waals surface area contributed by atoms with Gasteiger partial charge >= 0.3 is 12.0 Å². The second-order valence-electron chi connectivity index (χ2n) is 9.28. The van der Waals surface area contributed by atoms with E-state index in [1.807, 2.05) is 49.4 Å².